The van der Waals surface area contributed by atoms with Crippen LogP contribution in [0.3, 0.4) is 0 Å². The molecule has 3 heterocycles. The fourth-order valence-corrected chi connectivity index (χ4v) is 5.33. The van der Waals surface area contributed by atoms with Gasteiger partial charge in [-0.3, -0.25) is 4.79 Å². The van der Waals surface area contributed by atoms with E-state index in [1.54, 1.807) is 25.6 Å². The number of amides is 1. The monoisotopic (exact) mass is 471 g/mol. The number of nitrogens with zero attached hydrogens (tertiary/aromatic N) is 3. The second-order valence-electron chi connectivity index (χ2n) is 9.30. The predicted molar refractivity (Wildman–Crippen MR) is 133 cm³/mol. The molecule has 0 spiro atoms. The Morgan fingerprint density at radius 1 is 1.14 bits per heavy atom. The number of carbonyl (C=O) groups excluding carboxylic acids is 1. The molecule has 2 atom stereocenters. The number of aromatic carboxylic acids is 1. The average Bonchev–Trinajstić information content (AvgIpc) is 3.31. The maximum absolute atomic E-state index is 13.7. The molecule has 0 radical (unpaired) electrons. The van der Waals surface area contributed by atoms with Crippen LogP contribution in [-0.2, 0) is 4.79 Å². The Morgan fingerprint density at radius 3 is 2.63 bits per heavy atom. The molecule has 2 aliphatic rings. The number of aromatic nitrogens is 2. The second kappa shape index (κ2) is 9.41. The van der Waals surface area contributed by atoms with Gasteiger partial charge in [0.2, 0.25) is 0 Å². The molecule has 2 fully saturated rings. The minimum atomic E-state index is -0.943. The van der Waals surface area contributed by atoms with Crippen LogP contribution < -0.4 is 4.74 Å². The zero-order valence-corrected chi connectivity index (χ0v) is 20.0. The molecule has 180 valence electrons. The summed E-state index contributed by atoms with van der Waals surface area (Å²) in [6.45, 7) is 1.94. The van der Waals surface area contributed by atoms with Gasteiger partial charge in [-0.25, -0.2) is 9.78 Å². The molecule has 0 aliphatic carbocycles. The van der Waals surface area contributed by atoms with Crippen LogP contribution in [-0.4, -0.2) is 44.6 Å². The third-order valence-corrected chi connectivity index (χ3v) is 7.08. The molecule has 5 rings (SSSR count). The van der Waals surface area contributed by atoms with Crippen molar-refractivity contribution in [3.05, 3.63) is 82.9 Å². The van der Waals surface area contributed by atoms with Crippen LogP contribution >= 0.6 is 0 Å². The van der Waals surface area contributed by atoms with E-state index in [4.69, 9.17) is 4.74 Å². The molecule has 2 aromatic carbocycles. The zero-order valence-electron chi connectivity index (χ0n) is 20.0. The van der Waals surface area contributed by atoms with Gasteiger partial charge >= 0.3 is 5.97 Å². The Hall–Kier alpha value is -3.87. The number of piperidine rings is 2. The molecule has 0 unspecified atom stereocenters. The number of ether oxygens (including phenoxy) is 1. The average molecular weight is 472 g/mol. The predicted octanol–water partition coefficient (Wildman–Crippen LogP) is 5.19. The number of rotatable bonds is 5. The van der Waals surface area contributed by atoms with Crippen LogP contribution in [0, 0.1) is 6.92 Å². The van der Waals surface area contributed by atoms with Crippen LogP contribution in [0.2, 0.25) is 0 Å². The lowest BCUT2D eigenvalue weighted by molar-refractivity contribution is -0.136. The summed E-state index contributed by atoms with van der Waals surface area (Å²) in [6.07, 6.45) is 10.3. The van der Waals surface area contributed by atoms with E-state index in [-0.39, 0.29) is 23.6 Å². The molecular formula is C28H29N3O4. The number of aryl methyl sites for hydroxylation is 1. The molecular weight excluding hydrogens is 442 g/mol. The molecule has 1 N–H and O–H groups in total. The van der Waals surface area contributed by atoms with Crippen molar-refractivity contribution in [2.75, 3.05) is 7.11 Å². The van der Waals surface area contributed by atoms with Crippen molar-refractivity contribution in [1.29, 1.82) is 0 Å². The number of carboxylic acid groups (broad SMARTS) is 1. The first-order chi connectivity index (χ1) is 16.9. The van der Waals surface area contributed by atoms with Crippen molar-refractivity contribution < 1.29 is 19.4 Å². The Bertz CT molecular complexity index is 1290. The normalized spacial score (nSPS) is 21.1. The first-order valence-electron chi connectivity index (χ1n) is 12.0. The fraction of sp³-hybridized carbons (Fsp3) is 0.321. The number of imidazole rings is 1. The van der Waals surface area contributed by atoms with Crippen molar-refractivity contribution in [2.45, 2.75) is 51.1 Å². The Kier molecular flexibility index (Phi) is 6.16. The van der Waals surface area contributed by atoms with Gasteiger partial charge in [0.05, 0.1) is 36.4 Å². The van der Waals surface area contributed by atoms with Crippen LogP contribution in [0.1, 0.15) is 65.3 Å². The highest BCUT2D eigenvalue weighted by Crippen LogP contribution is 2.41. The van der Waals surface area contributed by atoms with Crippen LogP contribution in [0.5, 0.6) is 5.75 Å². The lowest BCUT2D eigenvalue weighted by atomic mass is 9.83. The van der Waals surface area contributed by atoms with Crippen molar-refractivity contribution >= 4 is 18.0 Å². The van der Waals surface area contributed by atoms with Gasteiger partial charge in [0.1, 0.15) is 5.75 Å². The molecule has 1 aromatic heterocycles. The Labute approximate surface area is 204 Å². The SMILES string of the molecule is COc1cc(/C=C2\CC[C@H]3CCC[C@@H](c4ccc(C(=O)O)cc4)N3C2=O)ccc1-n1cnc(C)c1. The zero-order chi connectivity index (χ0) is 24.5. The third kappa shape index (κ3) is 4.46. The third-order valence-electron chi connectivity index (χ3n) is 7.08. The summed E-state index contributed by atoms with van der Waals surface area (Å²) < 4.78 is 7.56. The highest BCUT2D eigenvalue weighted by atomic mass is 16.5. The van der Waals surface area contributed by atoms with E-state index >= 15 is 0 Å². The van der Waals surface area contributed by atoms with Crippen LogP contribution in [0.15, 0.2) is 60.6 Å². The van der Waals surface area contributed by atoms with Gasteiger partial charge in [0.15, 0.2) is 0 Å². The van der Waals surface area contributed by atoms with E-state index in [0.717, 1.165) is 60.2 Å². The molecule has 0 bridgehead atoms. The van der Waals surface area contributed by atoms with Gasteiger partial charge in [0.25, 0.3) is 5.91 Å². The van der Waals surface area contributed by atoms with E-state index in [1.807, 2.05) is 59.0 Å². The molecule has 7 nitrogen and oxygen atoms in total. The van der Waals surface area contributed by atoms with E-state index in [1.165, 1.54) is 0 Å². The van der Waals surface area contributed by atoms with Crippen molar-refractivity contribution in [3.8, 4) is 11.4 Å². The number of benzene rings is 2. The summed E-state index contributed by atoms with van der Waals surface area (Å²) >= 11 is 0. The highest BCUT2D eigenvalue weighted by Gasteiger charge is 2.39. The smallest absolute Gasteiger partial charge is 0.335 e. The van der Waals surface area contributed by atoms with E-state index in [9.17, 15) is 14.7 Å². The maximum Gasteiger partial charge on any atom is 0.335 e. The van der Waals surface area contributed by atoms with E-state index in [0.29, 0.717) is 5.75 Å². The van der Waals surface area contributed by atoms with Gasteiger partial charge in [-0.2, -0.15) is 0 Å². The second-order valence-corrected chi connectivity index (χ2v) is 9.30. The number of methoxy groups -OCH3 is 1. The number of fused-ring (bicyclic) bond motifs is 1. The summed E-state index contributed by atoms with van der Waals surface area (Å²) in [4.78, 5) is 31.3. The van der Waals surface area contributed by atoms with Crippen molar-refractivity contribution in [2.24, 2.45) is 0 Å². The van der Waals surface area contributed by atoms with Gasteiger partial charge in [-0.1, -0.05) is 18.2 Å². The Morgan fingerprint density at radius 2 is 1.94 bits per heavy atom. The maximum atomic E-state index is 13.7. The summed E-state index contributed by atoms with van der Waals surface area (Å²) in [5.41, 5.74) is 4.79. The highest BCUT2D eigenvalue weighted by molar-refractivity contribution is 5.99. The molecule has 1 amide bonds. The van der Waals surface area contributed by atoms with Crippen LogP contribution in [0.25, 0.3) is 11.8 Å². The minimum Gasteiger partial charge on any atom is -0.495 e. The first kappa shape index (κ1) is 22.9. The summed E-state index contributed by atoms with van der Waals surface area (Å²) in [7, 11) is 1.64. The molecule has 2 saturated heterocycles. The molecule has 35 heavy (non-hydrogen) atoms. The lowest BCUT2D eigenvalue weighted by Gasteiger charge is -2.46. The summed E-state index contributed by atoms with van der Waals surface area (Å²) in [5, 5.41) is 9.23. The number of hydrogen-bond donors (Lipinski definition) is 1. The van der Waals surface area contributed by atoms with Gasteiger partial charge in [-0.15, -0.1) is 0 Å². The number of carbonyl (C=O) groups is 2. The van der Waals surface area contributed by atoms with Crippen molar-refractivity contribution in [3.63, 3.8) is 0 Å². The van der Waals surface area contributed by atoms with Crippen LogP contribution in [0.4, 0.5) is 0 Å². The topological polar surface area (TPSA) is 84.7 Å². The summed E-state index contributed by atoms with van der Waals surface area (Å²) in [5.74, 6) is -0.157. The summed E-state index contributed by atoms with van der Waals surface area (Å²) in [6, 6.07) is 13.1. The molecule has 2 aliphatic heterocycles. The molecule has 3 aromatic rings. The standard InChI is InChI=1S/C28H29N3O4/c1-18-16-30(17-29-18)25-13-6-19(15-26(25)35-2)14-22-11-12-23-4-3-5-24(31(23)27(22)32)20-7-9-21(10-8-20)28(33)34/h6-10,13-17,23-24H,3-5,11-12H2,1-2H3,(H,33,34)/b22-14+/t23-,24+/m1/s1. The lowest BCUT2D eigenvalue weighted by Crippen LogP contribution is -2.49. The van der Waals surface area contributed by atoms with E-state index < -0.39 is 5.97 Å². The van der Waals surface area contributed by atoms with E-state index in [2.05, 4.69) is 4.98 Å². The molecule has 7 heteroatoms. The Balaban J connectivity index is 1.43. The fourth-order valence-electron chi connectivity index (χ4n) is 5.33. The first-order valence-corrected chi connectivity index (χ1v) is 12.0. The number of hydrogen-bond acceptors (Lipinski definition) is 4. The number of carboxylic acids is 1. The van der Waals surface area contributed by atoms with Gasteiger partial charge < -0.3 is 19.3 Å². The van der Waals surface area contributed by atoms with Gasteiger partial charge in [-0.05, 0) is 80.5 Å². The van der Waals surface area contributed by atoms with Gasteiger partial charge in [0, 0.05) is 17.8 Å². The molecule has 0 saturated carbocycles. The largest absolute Gasteiger partial charge is 0.495 e. The quantitative estimate of drug-likeness (QED) is 0.518. The minimum absolute atomic E-state index is 0.0332. The van der Waals surface area contributed by atoms with Crippen molar-refractivity contribution in [1.82, 2.24) is 14.5 Å².